The Bertz CT molecular complexity index is 875. The number of nitrogens with zero attached hydrogens (tertiary/aromatic N) is 1. The summed E-state index contributed by atoms with van der Waals surface area (Å²) in [7, 11) is 0. The summed E-state index contributed by atoms with van der Waals surface area (Å²) in [6.07, 6.45) is 0. The van der Waals surface area contributed by atoms with Gasteiger partial charge in [-0.1, -0.05) is 6.07 Å². The number of thiophene rings is 1. The summed E-state index contributed by atoms with van der Waals surface area (Å²) in [5.74, 6) is -0.205. The molecule has 2 amide bonds. The van der Waals surface area contributed by atoms with Crippen molar-refractivity contribution in [2.24, 2.45) is 0 Å². The molecular weight excluding hydrogens is 358 g/mol. The summed E-state index contributed by atoms with van der Waals surface area (Å²) in [6.45, 7) is 2.25. The molecule has 128 valence electrons. The molecule has 2 N–H and O–H groups in total. The fraction of sp³-hybridized carbons (Fsp3) is 0.118. The molecule has 0 aliphatic rings. The fourth-order valence-corrected chi connectivity index (χ4v) is 3.30. The molecule has 8 heteroatoms. The average molecular weight is 373 g/mol. The standard InChI is InChI=1S/C17H15N3O3S2/c1-11-5-6-15(25-11)17(22)20-19-16(21)12-3-2-4-14(7-12)23-8-13-9-24-10-18-13/h2-7,9-10H,8H2,1H3,(H,19,21)(H,20,22). The minimum absolute atomic E-state index is 0.336. The Kier molecular flexibility index (Phi) is 5.42. The van der Waals surface area contributed by atoms with Gasteiger partial charge in [0.05, 0.1) is 16.1 Å². The summed E-state index contributed by atoms with van der Waals surface area (Å²) in [5, 5.41) is 1.90. The van der Waals surface area contributed by atoms with Gasteiger partial charge in [-0.25, -0.2) is 4.98 Å². The van der Waals surface area contributed by atoms with Crippen LogP contribution in [0, 0.1) is 6.92 Å². The first-order chi connectivity index (χ1) is 12.1. The SMILES string of the molecule is Cc1ccc(C(=O)NNC(=O)c2cccc(OCc3cscn3)c2)s1. The summed E-state index contributed by atoms with van der Waals surface area (Å²) >= 11 is 2.86. The van der Waals surface area contributed by atoms with Gasteiger partial charge in [0, 0.05) is 15.8 Å². The number of rotatable bonds is 5. The Morgan fingerprint density at radius 1 is 1.16 bits per heavy atom. The van der Waals surface area contributed by atoms with Crippen LogP contribution < -0.4 is 15.6 Å². The van der Waals surface area contributed by atoms with E-state index in [0.29, 0.717) is 22.8 Å². The van der Waals surface area contributed by atoms with Gasteiger partial charge in [-0.15, -0.1) is 22.7 Å². The van der Waals surface area contributed by atoms with Gasteiger partial charge in [0.2, 0.25) is 0 Å². The smallest absolute Gasteiger partial charge is 0.279 e. The number of hydrogen-bond donors (Lipinski definition) is 2. The van der Waals surface area contributed by atoms with E-state index in [9.17, 15) is 9.59 Å². The summed E-state index contributed by atoms with van der Waals surface area (Å²) < 4.78 is 5.62. The summed E-state index contributed by atoms with van der Waals surface area (Å²) in [6, 6.07) is 10.3. The third kappa shape index (κ3) is 4.65. The van der Waals surface area contributed by atoms with E-state index >= 15 is 0 Å². The molecule has 0 fully saturated rings. The van der Waals surface area contributed by atoms with Crippen molar-refractivity contribution < 1.29 is 14.3 Å². The van der Waals surface area contributed by atoms with E-state index in [1.54, 1.807) is 35.8 Å². The van der Waals surface area contributed by atoms with Crippen LogP contribution in [0.3, 0.4) is 0 Å². The van der Waals surface area contributed by atoms with E-state index in [1.165, 1.54) is 22.7 Å². The normalized spacial score (nSPS) is 10.3. The highest BCUT2D eigenvalue weighted by Gasteiger charge is 2.11. The Labute approximate surface area is 152 Å². The van der Waals surface area contributed by atoms with Gasteiger partial charge in [0.25, 0.3) is 11.8 Å². The lowest BCUT2D eigenvalue weighted by atomic mass is 10.2. The molecule has 0 saturated heterocycles. The Hall–Kier alpha value is -2.71. The number of hydrogen-bond acceptors (Lipinski definition) is 6. The van der Waals surface area contributed by atoms with Gasteiger partial charge in [0.1, 0.15) is 12.4 Å². The van der Waals surface area contributed by atoms with Crippen molar-refractivity contribution in [1.29, 1.82) is 0 Å². The zero-order chi connectivity index (χ0) is 17.6. The monoisotopic (exact) mass is 373 g/mol. The van der Waals surface area contributed by atoms with E-state index in [-0.39, 0.29) is 5.91 Å². The molecule has 3 aromatic rings. The Balaban J connectivity index is 1.56. The summed E-state index contributed by atoms with van der Waals surface area (Å²) in [4.78, 5) is 29.8. The lowest BCUT2D eigenvalue weighted by Crippen LogP contribution is -2.41. The maximum atomic E-state index is 12.2. The lowest BCUT2D eigenvalue weighted by Gasteiger charge is -2.08. The number of hydrazine groups is 1. The molecule has 25 heavy (non-hydrogen) atoms. The van der Waals surface area contributed by atoms with Crippen molar-refractivity contribution in [3.63, 3.8) is 0 Å². The fourth-order valence-electron chi connectivity index (χ4n) is 2.00. The van der Waals surface area contributed by atoms with Crippen LogP contribution in [-0.2, 0) is 6.61 Å². The molecule has 0 aliphatic heterocycles. The van der Waals surface area contributed by atoms with Gasteiger partial charge in [-0.05, 0) is 37.3 Å². The predicted molar refractivity (Wildman–Crippen MR) is 96.9 cm³/mol. The van der Waals surface area contributed by atoms with Crippen LogP contribution >= 0.6 is 22.7 Å². The van der Waals surface area contributed by atoms with Crippen LogP contribution in [-0.4, -0.2) is 16.8 Å². The van der Waals surface area contributed by atoms with Crippen LogP contribution in [0.25, 0.3) is 0 Å². The first-order valence-electron chi connectivity index (χ1n) is 7.39. The number of benzene rings is 1. The second-order valence-electron chi connectivity index (χ2n) is 5.11. The maximum Gasteiger partial charge on any atom is 0.279 e. The highest BCUT2D eigenvalue weighted by molar-refractivity contribution is 7.13. The van der Waals surface area contributed by atoms with Crippen molar-refractivity contribution >= 4 is 34.5 Å². The van der Waals surface area contributed by atoms with Crippen LogP contribution in [0.4, 0.5) is 0 Å². The van der Waals surface area contributed by atoms with Crippen LogP contribution in [0.1, 0.15) is 30.6 Å². The molecule has 2 aromatic heterocycles. The molecule has 0 bridgehead atoms. The molecule has 3 rings (SSSR count). The number of nitrogens with one attached hydrogen (secondary N) is 2. The topological polar surface area (TPSA) is 80.3 Å². The second-order valence-corrected chi connectivity index (χ2v) is 7.12. The Morgan fingerprint density at radius 2 is 2.00 bits per heavy atom. The third-order valence-electron chi connectivity index (χ3n) is 3.22. The highest BCUT2D eigenvalue weighted by atomic mass is 32.1. The first-order valence-corrected chi connectivity index (χ1v) is 9.15. The maximum absolute atomic E-state index is 12.2. The molecule has 0 unspecified atom stereocenters. The van der Waals surface area contributed by atoms with Gasteiger partial charge in [-0.3, -0.25) is 20.4 Å². The number of carbonyl (C=O) groups excluding carboxylic acids is 2. The van der Waals surface area contributed by atoms with Crippen molar-refractivity contribution in [2.45, 2.75) is 13.5 Å². The van der Waals surface area contributed by atoms with E-state index in [0.717, 1.165) is 10.6 Å². The number of aryl methyl sites for hydroxylation is 1. The molecule has 0 saturated carbocycles. The highest BCUT2D eigenvalue weighted by Crippen LogP contribution is 2.16. The van der Waals surface area contributed by atoms with E-state index < -0.39 is 5.91 Å². The largest absolute Gasteiger partial charge is 0.487 e. The molecule has 1 aromatic carbocycles. The molecule has 0 atom stereocenters. The Morgan fingerprint density at radius 3 is 2.72 bits per heavy atom. The minimum atomic E-state index is -0.416. The van der Waals surface area contributed by atoms with Crippen LogP contribution in [0.15, 0.2) is 47.3 Å². The lowest BCUT2D eigenvalue weighted by molar-refractivity contribution is 0.0848. The van der Waals surface area contributed by atoms with Gasteiger partial charge in [-0.2, -0.15) is 0 Å². The molecule has 2 heterocycles. The van der Waals surface area contributed by atoms with E-state index in [2.05, 4.69) is 15.8 Å². The number of aromatic nitrogens is 1. The number of ether oxygens (including phenoxy) is 1. The summed E-state index contributed by atoms with van der Waals surface area (Å²) in [5.41, 5.74) is 7.77. The van der Waals surface area contributed by atoms with Crippen molar-refractivity contribution in [3.8, 4) is 5.75 Å². The number of thiazole rings is 1. The van der Waals surface area contributed by atoms with Gasteiger partial charge < -0.3 is 4.74 Å². The van der Waals surface area contributed by atoms with Crippen molar-refractivity contribution in [2.75, 3.05) is 0 Å². The minimum Gasteiger partial charge on any atom is -0.487 e. The van der Waals surface area contributed by atoms with Crippen LogP contribution in [0.2, 0.25) is 0 Å². The number of carbonyl (C=O) groups is 2. The third-order valence-corrected chi connectivity index (χ3v) is 4.85. The molecule has 0 radical (unpaired) electrons. The molecule has 0 spiro atoms. The van der Waals surface area contributed by atoms with Crippen molar-refractivity contribution in [1.82, 2.24) is 15.8 Å². The average Bonchev–Trinajstić information content (AvgIpc) is 3.29. The quantitative estimate of drug-likeness (QED) is 0.673. The van der Waals surface area contributed by atoms with Gasteiger partial charge >= 0.3 is 0 Å². The zero-order valence-corrected chi connectivity index (χ0v) is 14.9. The molecule has 0 aliphatic carbocycles. The first kappa shape index (κ1) is 17.1. The van der Waals surface area contributed by atoms with E-state index in [1.807, 2.05) is 18.4 Å². The molecular formula is C17H15N3O3S2. The van der Waals surface area contributed by atoms with E-state index in [4.69, 9.17) is 4.74 Å². The zero-order valence-electron chi connectivity index (χ0n) is 13.3. The van der Waals surface area contributed by atoms with Gasteiger partial charge in [0.15, 0.2) is 0 Å². The predicted octanol–water partition coefficient (Wildman–Crippen LogP) is 3.17. The van der Waals surface area contributed by atoms with Crippen LogP contribution in [0.5, 0.6) is 5.75 Å². The molecule has 6 nitrogen and oxygen atoms in total. The second kappa shape index (κ2) is 7.91. The van der Waals surface area contributed by atoms with Crippen molar-refractivity contribution in [3.05, 3.63) is 68.3 Å². The number of amides is 2.